The van der Waals surface area contributed by atoms with Crippen LogP contribution in [0.25, 0.3) is 43.7 Å². The van der Waals surface area contributed by atoms with Crippen molar-refractivity contribution in [1.82, 2.24) is 4.98 Å². The second kappa shape index (κ2) is 5.15. The van der Waals surface area contributed by atoms with Crippen LogP contribution in [0.1, 0.15) is 11.1 Å². The number of hydrogen-bond donors (Lipinski definition) is 0. The molecule has 1 aliphatic rings. The smallest absolute Gasteiger partial charge is 0.0788 e. The van der Waals surface area contributed by atoms with E-state index < -0.39 is 0 Å². The quantitative estimate of drug-likeness (QED) is 0.303. The molecule has 1 aliphatic carbocycles. The molecule has 0 spiro atoms. The maximum atomic E-state index is 5.19. The molecule has 26 heavy (non-hydrogen) atoms. The van der Waals surface area contributed by atoms with Gasteiger partial charge in [0, 0.05) is 16.3 Å². The Morgan fingerprint density at radius 2 is 1.31 bits per heavy atom. The maximum Gasteiger partial charge on any atom is 0.0788 e. The van der Waals surface area contributed by atoms with Gasteiger partial charge in [0.15, 0.2) is 0 Å². The molecule has 122 valence electrons. The molecule has 0 amide bonds. The summed E-state index contributed by atoms with van der Waals surface area (Å²) in [6.07, 6.45) is 2.15. The van der Waals surface area contributed by atoms with Gasteiger partial charge < -0.3 is 0 Å². The molecule has 1 nitrogen and oxygen atoms in total. The minimum Gasteiger partial charge on any atom is -0.247 e. The lowest BCUT2D eigenvalue weighted by atomic mass is 9.85. The molecule has 0 radical (unpaired) electrons. The summed E-state index contributed by atoms with van der Waals surface area (Å²) < 4.78 is 0. The monoisotopic (exact) mass is 331 g/mol. The first-order valence-electron chi connectivity index (χ1n) is 9.21. The Balaban J connectivity index is 1.71. The minimum absolute atomic E-state index is 1.06. The first-order valence-corrected chi connectivity index (χ1v) is 9.21. The lowest BCUT2D eigenvalue weighted by molar-refractivity contribution is 0.942. The maximum absolute atomic E-state index is 5.19. The summed E-state index contributed by atoms with van der Waals surface area (Å²) in [4.78, 5) is 5.19. The first-order chi connectivity index (χ1) is 12.9. The third-order valence-electron chi connectivity index (χ3n) is 5.73. The van der Waals surface area contributed by atoms with Crippen molar-refractivity contribution in [3.63, 3.8) is 0 Å². The van der Waals surface area contributed by atoms with Crippen LogP contribution < -0.4 is 0 Å². The fourth-order valence-electron chi connectivity index (χ4n) is 4.46. The zero-order valence-corrected chi connectivity index (χ0v) is 14.4. The van der Waals surface area contributed by atoms with Crippen molar-refractivity contribution in [2.75, 3.05) is 0 Å². The zero-order chi connectivity index (χ0) is 17.1. The Kier molecular flexibility index (Phi) is 2.78. The van der Waals surface area contributed by atoms with Crippen molar-refractivity contribution < 1.29 is 0 Å². The Morgan fingerprint density at radius 3 is 2.19 bits per heavy atom. The highest BCUT2D eigenvalue weighted by molar-refractivity contribution is 6.06. The standard InChI is InChI=1S/C25H17N/c1-3-7-20-16(5-1)11-14-23-22(20)13-12-19-15-18-10-9-17-6-2-4-8-21(17)24(18)26-25(19)23/h1-11,14-15H,12-13H2. The molecule has 0 fully saturated rings. The largest absolute Gasteiger partial charge is 0.247 e. The van der Waals surface area contributed by atoms with E-state index >= 15 is 0 Å². The summed E-state index contributed by atoms with van der Waals surface area (Å²) in [5, 5.41) is 6.42. The van der Waals surface area contributed by atoms with E-state index in [9.17, 15) is 0 Å². The molecule has 0 saturated carbocycles. The van der Waals surface area contributed by atoms with E-state index in [0.717, 1.165) is 18.4 Å². The van der Waals surface area contributed by atoms with Crippen LogP contribution in [-0.2, 0) is 12.8 Å². The van der Waals surface area contributed by atoms with Gasteiger partial charge in [-0.05, 0) is 46.2 Å². The number of rotatable bonds is 0. The molecule has 1 heterocycles. The van der Waals surface area contributed by atoms with Gasteiger partial charge in [0.05, 0.1) is 11.2 Å². The highest BCUT2D eigenvalue weighted by Gasteiger charge is 2.20. The molecule has 6 rings (SSSR count). The van der Waals surface area contributed by atoms with Gasteiger partial charge in [-0.25, -0.2) is 4.98 Å². The lowest BCUT2D eigenvalue weighted by Gasteiger charge is -2.21. The first kappa shape index (κ1) is 14.0. The fourth-order valence-corrected chi connectivity index (χ4v) is 4.46. The predicted octanol–water partition coefficient (Wildman–Crippen LogP) is 6.31. The molecule has 0 N–H and O–H groups in total. The van der Waals surface area contributed by atoms with Gasteiger partial charge >= 0.3 is 0 Å². The SMILES string of the molecule is c1ccc2c3c(ccc2c1)-c1nc2c(ccc4ccccc42)cc1CC3. The summed E-state index contributed by atoms with van der Waals surface area (Å²) in [7, 11) is 0. The highest BCUT2D eigenvalue weighted by Crippen LogP contribution is 2.38. The van der Waals surface area contributed by atoms with Crippen LogP contribution in [0.2, 0.25) is 0 Å². The second-order valence-electron chi connectivity index (χ2n) is 7.17. The van der Waals surface area contributed by atoms with E-state index in [2.05, 4.69) is 78.9 Å². The van der Waals surface area contributed by atoms with Gasteiger partial charge in [0.25, 0.3) is 0 Å². The van der Waals surface area contributed by atoms with Crippen molar-refractivity contribution in [2.45, 2.75) is 12.8 Å². The molecule has 0 saturated heterocycles. The van der Waals surface area contributed by atoms with Crippen LogP contribution in [0.15, 0.2) is 78.9 Å². The average molecular weight is 331 g/mol. The van der Waals surface area contributed by atoms with Gasteiger partial charge in [0.2, 0.25) is 0 Å². The van der Waals surface area contributed by atoms with Crippen molar-refractivity contribution in [1.29, 1.82) is 0 Å². The molecule has 0 bridgehead atoms. The van der Waals surface area contributed by atoms with Crippen molar-refractivity contribution in [3.8, 4) is 11.3 Å². The van der Waals surface area contributed by atoms with Crippen LogP contribution in [0.3, 0.4) is 0 Å². The Morgan fingerprint density at radius 1 is 0.615 bits per heavy atom. The fraction of sp³-hybridized carbons (Fsp3) is 0.0800. The van der Waals surface area contributed by atoms with E-state index in [-0.39, 0.29) is 0 Å². The van der Waals surface area contributed by atoms with Crippen LogP contribution in [0, 0.1) is 0 Å². The van der Waals surface area contributed by atoms with Crippen LogP contribution in [0.5, 0.6) is 0 Å². The molecular formula is C25H17N. The molecule has 0 unspecified atom stereocenters. The number of fused-ring (bicyclic) bond motifs is 8. The molecular weight excluding hydrogens is 314 g/mol. The molecule has 4 aromatic carbocycles. The Labute approximate surface area is 151 Å². The number of hydrogen-bond acceptors (Lipinski definition) is 1. The molecule has 0 atom stereocenters. The number of benzene rings is 4. The third kappa shape index (κ3) is 1.89. The number of pyridine rings is 1. The number of nitrogens with zero attached hydrogens (tertiary/aromatic N) is 1. The van der Waals surface area contributed by atoms with Crippen molar-refractivity contribution >= 4 is 32.4 Å². The second-order valence-corrected chi connectivity index (χ2v) is 7.17. The van der Waals surface area contributed by atoms with Crippen LogP contribution in [-0.4, -0.2) is 4.98 Å². The van der Waals surface area contributed by atoms with E-state index in [1.807, 2.05) is 0 Å². The molecule has 0 aliphatic heterocycles. The normalized spacial score (nSPS) is 13.1. The Bertz CT molecular complexity index is 1330. The van der Waals surface area contributed by atoms with E-state index in [1.165, 1.54) is 49.3 Å². The molecule has 1 aromatic heterocycles. The third-order valence-corrected chi connectivity index (χ3v) is 5.73. The van der Waals surface area contributed by atoms with Gasteiger partial charge in [-0.3, -0.25) is 0 Å². The van der Waals surface area contributed by atoms with E-state index in [4.69, 9.17) is 4.98 Å². The predicted molar refractivity (Wildman–Crippen MR) is 110 cm³/mol. The zero-order valence-electron chi connectivity index (χ0n) is 14.4. The molecule has 1 heteroatoms. The van der Waals surface area contributed by atoms with Gasteiger partial charge in [-0.15, -0.1) is 0 Å². The van der Waals surface area contributed by atoms with Crippen molar-refractivity contribution in [2.24, 2.45) is 0 Å². The number of aryl methyl sites for hydroxylation is 2. The molecule has 5 aromatic rings. The van der Waals surface area contributed by atoms with E-state index in [0.29, 0.717) is 0 Å². The summed E-state index contributed by atoms with van der Waals surface area (Å²) >= 11 is 0. The summed E-state index contributed by atoms with van der Waals surface area (Å²) in [5.41, 5.74) is 6.40. The van der Waals surface area contributed by atoms with Gasteiger partial charge in [-0.2, -0.15) is 0 Å². The van der Waals surface area contributed by atoms with Crippen molar-refractivity contribution in [3.05, 3.63) is 90.0 Å². The van der Waals surface area contributed by atoms with Gasteiger partial charge in [0.1, 0.15) is 0 Å². The van der Waals surface area contributed by atoms with E-state index in [1.54, 1.807) is 0 Å². The lowest BCUT2D eigenvalue weighted by Crippen LogP contribution is -2.06. The minimum atomic E-state index is 1.06. The van der Waals surface area contributed by atoms with Crippen LogP contribution in [0.4, 0.5) is 0 Å². The number of aromatic nitrogens is 1. The summed E-state index contributed by atoms with van der Waals surface area (Å²) in [6.45, 7) is 0. The Hall–Kier alpha value is -3.19. The highest BCUT2D eigenvalue weighted by atomic mass is 14.7. The average Bonchev–Trinajstić information content (AvgIpc) is 2.72. The van der Waals surface area contributed by atoms with Gasteiger partial charge in [-0.1, -0.05) is 72.8 Å². The summed E-state index contributed by atoms with van der Waals surface area (Å²) in [5.74, 6) is 0. The van der Waals surface area contributed by atoms with Crippen LogP contribution >= 0.6 is 0 Å². The summed E-state index contributed by atoms with van der Waals surface area (Å²) in [6, 6.07) is 28.5. The topological polar surface area (TPSA) is 12.9 Å².